The first-order chi connectivity index (χ1) is 4.97. The third-order valence-electron chi connectivity index (χ3n) is 2.65. The van der Waals surface area contributed by atoms with Crippen molar-refractivity contribution in [2.75, 3.05) is 18.1 Å². The Bertz CT molecular complexity index is 104. The molecule has 2 saturated heterocycles. The van der Waals surface area contributed by atoms with Crippen molar-refractivity contribution in [3.63, 3.8) is 0 Å². The molecule has 1 nitrogen and oxygen atoms in total. The SMILES string of the molecule is C1CSCC2NCCC2C1. The summed E-state index contributed by atoms with van der Waals surface area (Å²) in [5.41, 5.74) is 0. The van der Waals surface area contributed by atoms with Gasteiger partial charge in [0.25, 0.3) is 0 Å². The van der Waals surface area contributed by atoms with Crippen LogP contribution in [0.1, 0.15) is 19.3 Å². The summed E-state index contributed by atoms with van der Waals surface area (Å²) >= 11 is 2.13. The molecule has 2 heterocycles. The van der Waals surface area contributed by atoms with Crippen LogP contribution in [0.25, 0.3) is 0 Å². The van der Waals surface area contributed by atoms with E-state index in [4.69, 9.17) is 0 Å². The van der Waals surface area contributed by atoms with E-state index in [0.717, 1.165) is 12.0 Å². The molecule has 58 valence electrons. The average Bonchev–Trinajstić information content (AvgIpc) is 2.28. The van der Waals surface area contributed by atoms with E-state index in [0.29, 0.717) is 0 Å². The van der Waals surface area contributed by atoms with Crippen LogP contribution in [0.15, 0.2) is 0 Å². The van der Waals surface area contributed by atoms with Gasteiger partial charge in [-0.2, -0.15) is 11.8 Å². The first-order valence-corrected chi connectivity index (χ1v) is 5.43. The number of rotatable bonds is 0. The van der Waals surface area contributed by atoms with E-state index >= 15 is 0 Å². The van der Waals surface area contributed by atoms with Gasteiger partial charge in [0.15, 0.2) is 0 Å². The Morgan fingerprint density at radius 3 is 3.30 bits per heavy atom. The molecule has 0 aromatic rings. The average molecular weight is 157 g/mol. The first kappa shape index (κ1) is 6.99. The van der Waals surface area contributed by atoms with Gasteiger partial charge < -0.3 is 5.32 Å². The Hall–Kier alpha value is 0.310. The molecule has 0 saturated carbocycles. The summed E-state index contributed by atoms with van der Waals surface area (Å²) in [6.07, 6.45) is 4.36. The van der Waals surface area contributed by atoms with Gasteiger partial charge in [0, 0.05) is 11.8 Å². The molecule has 2 aliphatic rings. The molecule has 0 bridgehead atoms. The lowest BCUT2D eigenvalue weighted by Gasteiger charge is -2.13. The first-order valence-electron chi connectivity index (χ1n) is 4.28. The van der Waals surface area contributed by atoms with E-state index in [1.807, 2.05) is 0 Å². The monoisotopic (exact) mass is 157 g/mol. The Labute approximate surface area is 67.0 Å². The van der Waals surface area contributed by atoms with Gasteiger partial charge in [-0.25, -0.2) is 0 Å². The van der Waals surface area contributed by atoms with Crippen LogP contribution in [0.2, 0.25) is 0 Å². The lowest BCUT2D eigenvalue weighted by atomic mass is 9.97. The molecule has 1 N–H and O–H groups in total. The molecule has 0 amide bonds. The second-order valence-corrected chi connectivity index (χ2v) is 4.48. The highest BCUT2D eigenvalue weighted by Gasteiger charge is 2.27. The van der Waals surface area contributed by atoms with Gasteiger partial charge in [-0.3, -0.25) is 0 Å². The van der Waals surface area contributed by atoms with Crippen molar-refractivity contribution in [3.8, 4) is 0 Å². The zero-order valence-corrected chi connectivity index (χ0v) is 7.12. The largest absolute Gasteiger partial charge is 0.313 e. The van der Waals surface area contributed by atoms with Crippen molar-refractivity contribution in [1.82, 2.24) is 5.32 Å². The zero-order valence-electron chi connectivity index (χ0n) is 6.31. The van der Waals surface area contributed by atoms with Gasteiger partial charge >= 0.3 is 0 Å². The quantitative estimate of drug-likeness (QED) is 0.572. The molecule has 2 aliphatic heterocycles. The molecule has 0 aromatic heterocycles. The van der Waals surface area contributed by atoms with Crippen LogP contribution in [-0.4, -0.2) is 24.1 Å². The Kier molecular flexibility index (Phi) is 2.19. The smallest absolute Gasteiger partial charge is 0.0186 e. The highest BCUT2D eigenvalue weighted by Crippen LogP contribution is 2.28. The zero-order chi connectivity index (χ0) is 6.81. The van der Waals surface area contributed by atoms with Gasteiger partial charge in [0.05, 0.1) is 0 Å². The highest BCUT2D eigenvalue weighted by atomic mass is 32.2. The van der Waals surface area contributed by atoms with Crippen molar-refractivity contribution < 1.29 is 0 Å². The highest BCUT2D eigenvalue weighted by molar-refractivity contribution is 7.99. The normalized spacial score (nSPS) is 40.8. The third kappa shape index (κ3) is 1.32. The maximum Gasteiger partial charge on any atom is 0.0186 e. The number of hydrogen-bond donors (Lipinski definition) is 1. The van der Waals surface area contributed by atoms with Crippen LogP contribution in [0.3, 0.4) is 0 Å². The Morgan fingerprint density at radius 2 is 2.30 bits per heavy atom. The molecule has 2 atom stereocenters. The molecule has 2 heteroatoms. The fraction of sp³-hybridized carbons (Fsp3) is 1.00. The topological polar surface area (TPSA) is 12.0 Å². The molecule has 2 rings (SSSR count). The third-order valence-corrected chi connectivity index (χ3v) is 3.82. The molecular weight excluding hydrogens is 142 g/mol. The second kappa shape index (κ2) is 3.14. The van der Waals surface area contributed by atoms with E-state index in [1.54, 1.807) is 0 Å². The predicted octanol–water partition coefficient (Wildman–Crippen LogP) is 1.49. The summed E-state index contributed by atoms with van der Waals surface area (Å²) in [4.78, 5) is 0. The van der Waals surface area contributed by atoms with Gasteiger partial charge in [0.1, 0.15) is 0 Å². The fourth-order valence-corrected chi connectivity index (χ4v) is 3.20. The molecule has 0 radical (unpaired) electrons. The molecule has 2 unspecified atom stereocenters. The van der Waals surface area contributed by atoms with Crippen molar-refractivity contribution in [3.05, 3.63) is 0 Å². The van der Waals surface area contributed by atoms with Crippen molar-refractivity contribution >= 4 is 11.8 Å². The van der Waals surface area contributed by atoms with E-state index in [9.17, 15) is 0 Å². The lowest BCUT2D eigenvalue weighted by Crippen LogP contribution is -2.28. The van der Waals surface area contributed by atoms with Crippen LogP contribution in [0, 0.1) is 5.92 Å². The summed E-state index contributed by atoms with van der Waals surface area (Å²) in [5.74, 6) is 3.79. The minimum Gasteiger partial charge on any atom is -0.313 e. The number of nitrogens with one attached hydrogen (secondary N) is 1. The molecule has 2 fully saturated rings. The summed E-state index contributed by atoms with van der Waals surface area (Å²) in [6, 6.07) is 0.868. The molecule has 0 aliphatic carbocycles. The van der Waals surface area contributed by atoms with Gasteiger partial charge in [-0.15, -0.1) is 0 Å². The molecule has 10 heavy (non-hydrogen) atoms. The lowest BCUT2D eigenvalue weighted by molar-refractivity contribution is 0.453. The second-order valence-electron chi connectivity index (χ2n) is 3.33. The van der Waals surface area contributed by atoms with Crippen molar-refractivity contribution in [2.24, 2.45) is 5.92 Å². The van der Waals surface area contributed by atoms with Gasteiger partial charge in [0.2, 0.25) is 0 Å². The number of fused-ring (bicyclic) bond motifs is 1. The van der Waals surface area contributed by atoms with Gasteiger partial charge in [-0.05, 0) is 37.5 Å². The maximum atomic E-state index is 3.58. The van der Waals surface area contributed by atoms with Crippen LogP contribution in [0.5, 0.6) is 0 Å². The van der Waals surface area contributed by atoms with Crippen molar-refractivity contribution in [1.29, 1.82) is 0 Å². The van der Waals surface area contributed by atoms with Crippen LogP contribution in [-0.2, 0) is 0 Å². The van der Waals surface area contributed by atoms with E-state index in [1.165, 1.54) is 37.3 Å². The van der Waals surface area contributed by atoms with Crippen LogP contribution < -0.4 is 5.32 Å². The maximum absolute atomic E-state index is 3.58. The molecule has 0 aromatic carbocycles. The van der Waals surface area contributed by atoms with Crippen molar-refractivity contribution in [2.45, 2.75) is 25.3 Å². The van der Waals surface area contributed by atoms with Crippen LogP contribution >= 0.6 is 11.8 Å². The molecule has 0 spiro atoms. The van der Waals surface area contributed by atoms with E-state index in [-0.39, 0.29) is 0 Å². The van der Waals surface area contributed by atoms with Crippen LogP contribution in [0.4, 0.5) is 0 Å². The van der Waals surface area contributed by atoms with E-state index in [2.05, 4.69) is 17.1 Å². The fourth-order valence-electron chi connectivity index (χ4n) is 2.02. The number of hydrogen-bond acceptors (Lipinski definition) is 2. The Balaban J connectivity index is 1.95. The summed E-state index contributed by atoms with van der Waals surface area (Å²) < 4.78 is 0. The summed E-state index contributed by atoms with van der Waals surface area (Å²) in [5, 5.41) is 3.58. The minimum atomic E-state index is 0.868. The Morgan fingerprint density at radius 1 is 1.30 bits per heavy atom. The van der Waals surface area contributed by atoms with Gasteiger partial charge in [-0.1, -0.05) is 0 Å². The predicted molar refractivity (Wildman–Crippen MR) is 46.5 cm³/mol. The summed E-state index contributed by atoms with van der Waals surface area (Å²) in [7, 11) is 0. The number of thioether (sulfide) groups is 1. The summed E-state index contributed by atoms with van der Waals surface area (Å²) in [6.45, 7) is 1.27. The molecular formula is C8H15NS. The standard InChI is InChI=1S/C8H15NS/c1-2-7-3-4-9-8(7)6-10-5-1/h7-9H,1-6H2. The minimum absolute atomic E-state index is 0.868. The van der Waals surface area contributed by atoms with E-state index < -0.39 is 0 Å².